The van der Waals surface area contributed by atoms with Crippen LogP contribution in [0.3, 0.4) is 0 Å². The van der Waals surface area contributed by atoms with Crippen LogP contribution in [0, 0.1) is 0 Å². The molecule has 0 aliphatic heterocycles. The summed E-state index contributed by atoms with van der Waals surface area (Å²) in [7, 11) is 5.82. The molecule has 0 amide bonds. The standard InChI is InChI=1S/C30H38N16O4/c1-7-9-11-19-23(37-39-27-17(29(47)49-5)15-33-43(27)3)25(31)45(41-19)21-13-14-22(36-35-21)46-26(32)24(20(42-46)12-10-8-2)38-40-28-18(30(48)50-6)16-34-44(28)4/h13-16H,7-12,31-32H2,1-6H3/b39-37+,40-38+. The van der Waals surface area contributed by atoms with E-state index in [9.17, 15) is 9.59 Å². The summed E-state index contributed by atoms with van der Waals surface area (Å²) in [6.45, 7) is 4.12. The molecule has 5 aromatic heterocycles. The molecule has 0 bridgehead atoms. The number of nitrogens with two attached hydrogens (primary N) is 2. The number of nitrogens with zero attached hydrogens (tertiary/aromatic N) is 14. The molecule has 5 aromatic rings. The van der Waals surface area contributed by atoms with Gasteiger partial charge in [0.25, 0.3) is 0 Å². The maximum absolute atomic E-state index is 12.2. The van der Waals surface area contributed by atoms with Crippen LogP contribution in [0.2, 0.25) is 0 Å². The van der Waals surface area contributed by atoms with Gasteiger partial charge in [0.15, 0.2) is 46.3 Å². The van der Waals surface area contributed by atoms with Gasteiger partial charge in [-0.2, -0.15) is 29.8 Å². The Balaban J connectivity index is 1.49. The normalized spacial score (nSPS) is 11.6. The van der Waals surface area contributed by atoms with Crippen molar-refractivity contribution in [1.29, 1.82) is 0 Å². The van der Waals surface area contributed by atoms with Gasteiger partial charge in [0.1, 0.15) is 11.1 Å². The molecule has 5 heterocycles. The summed E-state index contributed by atoms with van der Waals surface area (Å²) in [6.07, 6.45) is 7.33. The summed E-state index contributed by atoms with van der Waals surface area (Å²) in [5, 5.41) is 43.6. The summed E-state index contributed by atoms with van der Waals surface area (Å²) in [6, 6.07) is 3.33. The molecule has 0 aliphatic rings. The van der Waals surface area contributed by atoms with E-state index in [1.807, 2.05) is 0 Å². The number of carbonyl (C=O) groups excluding carboxylic acids is 2. The number of anilines is 2. The molecule has 0 spiro atoms. The maximum atomic E-state index is 12.2. The van der Waals surface area contributed by atoms with Crippen LogP contribution in [0.1, 0.15) is 71.6 Å². The number of rotatable bonds is 14. The lowest BCUT2D eigenvalue weighted by Crippen LogP contribution is -2.09. The molecular weight excluding hydrogens is 648 g/mol. The first-order valence-corrected chi connectivity index (χ1v) is 15.8. The highest BCUT2D eigenvalue weighted by Gasteiger charge is 2.23. The predicted octanol–water partition coefficient (Wildman–Crippen LogP) is 4.57. The van der Waals surface area contributed by atoms with Gasteiger partial charge in [-0.25, -0.2) is 19.0 Å². The number of ether oxygens (including phenoxy) is 2. The van der Waals surface area contributed by atoms with Crippen LogP contribution in [-0.2, 0) is 36.4 Å². The smallest absolute Gasteiger partial charge is 0.343 e. The fourth-order valence-electron chi connectivity index (χ4n) is 4.88. The van der Waals surface area contributed by atoms with Crippen LogP contribution < -0.4 is 11.5 Å². The van der Waals surface area contributed by atoms with Gasteiger partial charge in [-0.15, -0.1) is 30.7 Å². The van der Waals surface area contributed by atoms with Gasteiger partial charge in [-0.05, 0) is 37.8 Å². The van der Waals surface area contributed by atoms with Crippen molar-refractivity contribution < 1.29 is 19.1 Å². The highest BCUT2D eigenvalue weighted by molar-refractivity contribution is 5.94. The van der Waals surface area contributed by atoms with Crippen molar-refractivity contribution in [2.24, 2.45) is 34.6 Å². The number of aromatic nitrogens is 10. The van der Waals surface area contributed by atoms with Crippen LogP contribution in [0.4, 0.5) is 34.6 Å². The number of carbonyl (C=O) groups is 2. The number of nitrogen functional groups attached to an aromatic ring is 2. The van der Waals surface area contributed by atoms with Gasteiger partial charge in [0, 0.05) is 14.1 Å². The molecule has 0 radical (unpaired) electrons. The van der Waals surface area contributed by atoms with Crippen LogP contribution in [-0.4, -0.2) is 75.5 Å². The molecule has 0 aliphatic carbocycles. The monoisotopic (exact) mass is 686 g/mol. The van der Waals surface area contributed by atoms with Crippen molar-refractivity contribution in [3.05, 3.63) is 47.0 Å². The van der Waals surface area contributed by atoms with Crippen LogP contribution in [0.5, 0.6) is 0 Å². The van der Waals surface area contributed by atoms with Gasteiger partial charge in [0.05, 0.1) is 38.0 Å². The lowest BCUT2D eigenvalue weighted by atomic mass is 10.2. The number of aryl methyl sites for hydroxylation is 4. The molecule has 5 rings (SSSR count). The first kappa shape index (κ1) is 35.0. The lowest BCUT2D eigenvalue weighted by molar-refractivity contribution is 0.0592. The van der Waals surface area contributed by atoms with Gasteiger partial charge < -0.3 is 20.9 Å². The molecule has 20 nitrogen and oxygen atoms in total. The summed E-state index contributed by atoms with van der Waals surface area (Å²) >= 11 is 0. The van der Waals surface area contributed by atoms with Crippen LogP contribution in [0.15, 0.2) is 45.0 Å². The Morgan fingerprint density at radius 2 is 1.10 bits per heavy atom. The number of hydrogen-bond donors (Lipinski definition) is 2. The Bertz CT molecular complexity index is 1910. The number of unbranched alkanes of at least 4 members (excludes halogenated alkanes) is 2. The summed E-state index contributed by atoms with van der Waals surface area (Å²) in [5.41, 5.74) is 15.3. The molecule has 0 atom stereocenters. The largest absolute Gasteiger partial charge is 0.465 e. The first-order valence-electron chi connectivity index (χ1n) is 15.8. The number of esters is 2. The minimum absolute atomic E-state index is 0.157. The summed E-state index contributed by atoms with van der Waals surface area (Å²) in [5.74, 6) is 0.185. The van der Waals surface area contributed by atoms with Crippen molar-refractivity contribution in [3.8, 4) is 11.6 Å². The molecule has 0 aromatic carbocycles. The zero-order valence-corrected chi connectivity index (χ0v) is 28.6. The topological polar surface area (TPSA) is 251 Å². The molecule has 50 heavy (non-hydrogen) atoms. The fourth-order valence-corrected chi connectivity index (χ4v) is 4.88. The average Bonchev–Trinajstić information content (AvgIpc) is 3.86. The minimum atomic E-state index is -0.594. The van der Waals surface area contributed by atoms with Crippen LogP contribution >= 0.6 is 0 Å². The maximum Gasteiger partial charge on any atom is 0.343 e. The fraction of sp³-hybridized carbons (Fsp3) is 0.400. The van der Waals surface area contributed by atoms with E-state index in [2.05, 4.69) is 64.9 Å². The third-order valence-electron chi connectivity index (χ3n) is 7.65. The Morgan fingerprint density at radius 3 is 1.44 bits per heavy atom. The van der Waals surface area contributed by atoms with Crippen LogP contribution in [0.25, 0.3) is 11.6 Å². The first-order chi connectivity index (χ1) is 24.1. The third kappa shape index (κ3) is 6.93. The SMILES string of the molecule is CCCCc1nn(-c2ccc(-n3nc(CCCC)c(/N=N/c4c(C(=O)OC)cnn4C)c3N)nn2)c(N)c1/N=N/c1c(C(=O)OC)cnn1C. The number of azo groups is 2. The van der Waals surface area contributed by atoms with Crippen molar-refractivity contribution in [2.45, 2.75) is 52.4 Å². The quantitative estimate of drug-likeness (QED) is 0.120. The zero-order chi connectivity index (χ0) is 35.9. The highest BCUT2D eigenvalue weighted by Crippen LogP contribution is 2.34. The number of methoxy groups -OCH3 is 2. The molecular formula is C30H38N16O4. The second kappa shape index (κ2) is 15.3. The van der Waals surface area contributed by atoms with Crippen molar-refractivity contribution in [2.75, 3.05) is 25.7 Å². The van der Waals surface area contributed by atoms with Gasteiger partial charge in [0.2, 0.25) is 0 Å². The number of hydrogen-bond acceptors (Lipinski definition) is 16. The highest BCUT2D eigenvalue weighted by atomic mass is 16.5. The van der Waals surface area contributed by atoms with Crippen molar-refractivity contribution >= 4 is 46.6 Å². The lowest BCUT2D eigenvalue weighted by Gasteiger charge is -2.05. The Morgan fingerprint density at radius 1 is 0.700 bits per heavy atom. The van der Waals surface area contributed by atoms with E-state index in [0.717, 1.165) is 25.7 Å². The Hall–Kier alpha value is -6.34. The second-order valence-corrected chi connectivity index (χ2v) is 11.0. The zero-order valence-electron chi connectivity index (χ0n) is 28.6. The summed E-state index contributed by atoms with van der Waals surface area (Å²) in [4.78, 5) is 24.4. The molecule has 262 valence electrons. The second-order valence-electron chi connectivity index (χ2n) is 11.0. The third-order valence-corrected chi connectivity index (χ3v) is 7.65. The molecule has 0 saturated carbocycles. The van der Waals surface area contributed by atoms with E-state index in [1.54, 1.807) is 26.2 Å². The molecule has 0 fully saturated rings. The Labute approximate surface area is 286 Å². The van der Waals surface area contributed by atoms with Gasteiger partial charge >= 0.3 is 11.9 Å². The van der Waals surface area contributed by atoms with E-state index in [4.69, 9.17) is 20.9 Å². The van der Waals surface area contributed by atoms with E-state index in [1.165, 1.54) is 45.3 Å². The molecule has 4 N–H and O–H groups in total. The van der Waals surface area contributed by atoms with Crippen molar-refractivity contribution in [1.82, 2.24) is 49.3 Å². The minimum Gasteiger partial charge on any atom is -0.465 e. The average molecular weight is 687 g/mol. The van der Waals surface area contributed by atoms with E-state index < -0.39 is 11.9 Å². The van der Waals surface area contributed by atoms with E-state index in [0.29, 0.717) is 47.2 Å². The predicted molar refractivity (Wildman–Crippen MR) is 180 cm³/mol. The molecule has 0 unspecified atom stereocenters. The Kier molecular flexibility index (Phi) is 10.7. The summed E-state index contributed by atoms with van der Waals surface area (Å²) < 4.78 is 15.3. The van der Waals surface area contributed by atoms with Crippen molar-refractivity contribution in [3.63, 3.8) is 0 Å². The van der Waals surface area contributed by atoms with E-state index >= 15 is 0 Å². The van der Waals surface area contributed by atoms with Gasteiger partial charge in [-0.1, -0.05) is 26.7 Å². The van der Waals surface area contributed by atoms with Gasteiger partial charge in [-0.3, -0.25) is 0 Å². The molecule has 20 heteroatoms. The van der Waals surface area contributed by atoms with E-state index in [-0.39, 0.29) is 34.4 Å². The molecule has 0 saturated heterocycles.